The van der Waals surface area contributed by atoms with E-state index >= 15 is 0 Å². The van der Waals surface area contributed by atoms with Crippen LogP contribution in [0.1, 0.15) is 47.9 Å². The number of halogens is 4. The van der Waals surface area contributed by atoms with Crippen molar-refractivity contribution in [2.75, 3.05) is 26.2 Å². The average Bonchev–Trinajstić information content (AvgIpc) is 2.92. The van der Waals surface area contributed by atoms with E-state index in [1.165, 1.54) is 12.1 Å². The standard InChI is InChI=1S/C30H33F3N2O2.ClH/c31-30(32,33)27-14-12-26(13-15-27)29(37)17-20-35(21-18-29)19-7-16-28(22-34-23-36,24-8-3-1-4-9-24)25-10-5-2-6-11-25;/h1-6,8-15,23,37H,7,16-22H2,(H,34,36);1H. The first-order chi connectivity index (χ1) is 17.8. The number of nitrogens with zero attached hydrogens (tertiary/aromatic N) is 1. The minimum Gasteiger partial charge on any atom is -0.385 e. The summed E-state index contributed by atoms with van der Waals surface area (Å²) in [4.78, 5) is 13.6. The van der Waals surface area contributed by atoms with Gasteiger partial charge in [-0.25, -0.2) is 0 Å². The number of likely N-dealkylation sites (tertiary alicyclic amines) is 1. The molecule has 1 aliphatic heterocycles. The lowest BCUT2D eigenvalue weighted by atomic mass is 9.71. The molecule has 0 saturated carbocycles. The lowest BCUT2D eigenvalue weighted by molar-refractivity contribution is -0.137. The lowest BCUT2D eigenvalue weighted by Crippen LogP contribution is -2.44. The van der Waals surface area contributed by atoms with Gasteiger partial charge in [0.05, 0.1) is 11.2 Å². The van der Waals surface area contributed by atoms with Gasteiger partial charge in [0.25, 0.3) is 0 Å². The third-order valence-corrected chi connectivity index (χ3v) is 7.65. The summed E-state index contributed by atoms with van der Waals surface area (Å²) in [6, 6.07) is 25.3. The molecule has 0 spiro atoms. The zero-order valence-corrected chi connectivity index (χ0v) is 22.0. The van der Waals surface area contributed by atoms with E-state index in [2.05, 4.69) is 34.5 Å². The summed E-state index contributed by atoms with van der Waals surface area (Å²) in [6.07, 6.45) is -1.01. The van der Waals surface area contributed by atoms with Gasteiger partial charge >= 0.3 is 6.18 Å². The number of aliphatic hydroxyl groups is 1. The van der Waals surface area contributed by atoms with Gasteiger partial charge in [-0.2, -0.15) is 13.2 Å². The molecule has 1 saturated heterocycles. The highest BCUT2D eigenvalue weighted by Gasteiger charge is 2.37. The fraction of sp³-hybridized carbons (Fsp3) is 0.367. The fourth-order valence-electron chi connectivity index (χ4n) is 5.49. The molecule has 1 amide bonds. The molecular weight excluding hydrogens is 513 g/mol. The molecule has 3 aromatic rings. The van der Waals surface area contributed by atoms with Gasteiger partial charge in [-0.15, -0.1) is 12.4 Å². The molecule has 1 heterocycles. The predicted octanol–water partition coefficient (Wildman–Crippen LogP) is 5.92. The summed E-state index contributed by atoms with van der Waals surface area (Å²) >= 11 is 0. The molecule has 4 nitrogen and oxygen atoms in total. The summed E-state index contributed by atoms with van der Waals surface area (Å²) < 4.78 is 38.7. The van der Waals surface area contributed by atoms with Crippen LogP contribution in [0.3, 0.4) is 0 Å². The van der Waals surface area contributed by atoms with E-state index in [4.69, 9.17) is 0 Å². The van der Waals surface area contributed by atoms with Crippen LogP contribution in [0.5, 0.6) is 0 Å². The van der Waals surface area contributed by atoms with Crippen LogP contribution < -0.4 is 5.32 Å². The van der Waals surface area contributed by atoms with Crippen LogP contribution in [0.4, 0.5) is 13.2 Å². The number of piperidine rings is 1. The topological polar surface area (TPSA) is 52.6 Å². The Bertz CT molecular complexity index is 1090. The molecule has 0 aromatic heterocycles. The Morgan fingerprint density at radius 2 is 1.37 bits per heavy atom. The molecule has 0 aliphatic carbocycles. The molecule has 0 atom stereocenters. The molecule has 204 valence electrons. The molecule has 1 fully saturated rings. The SMILES string of the molecule is Cl.O=CNCC(CCCN1CCC(O)(c2ccc(C(F)(F)F)cc2)CC1)(c1ccccc1)c1ccccc1. The number of carbonyl (C=O) groups is 1. The highest BCUT2D eigenvalue weighted by atomic mass is 35.5. The largest absolute Gasteiger partial charge is 0.416 e. The third kappa shape index (κ3) is 6.76. The molecule has 4 rings (SSSR count). The lowest BCUT2D eigenvalue weighted by Gasteiger charge is -2.40. The van der Waals surface area contributed by atoms with Crippen LogP contribution in [0.2, 0.25) is 0 Å². The van der Waals surface area contributed by atoms with E-state index in [1.807, 2.05) is 36.4 Å². The summed E-state index contributed by atoms with van der Waals surface area (Å²) in [7, 11) is 0. The number of hydrogen-bond donors (Lipinski definition) is 2. The Morgan fingerprint density at radius 1 is 0.842 bits per heavy atom. The number of benzene rings is 3. The number of amides is 1. The fourth-order valence-corrected chi connectivity index (χ4v) is 5.49. The quantitative estimate of drug-likeness (QED) is 0.310. The number of hydrogen-bond acceptors (Lipinski definition) is 3. The third-order valence-electron chi connectivity index (χ3n) is 7.65. The van der Waals surface area contributed by atoms with Crippen LogP contribution in [0.15, 0.2) is 84.9 Å². The molecule has 2 N–H and O–H groups in total. The van der Waals surface area contributed by atoms with Crippen molar-refractivity contribution in [3.05, 3.63) is 107 Å². The minimum absolute atomic E-state index is 0. The van der Waals surface area contributed by atoms with Gasteiger partial charge in [-0.3, -0.25) is 4.79 Å². The van der Waals surface area contributed by atoms with E-state index in [0.717, 1.165) is 49.1 Å². The number of rotatable bonds is 10. The van der Waals surface area contributed by atoms with Crippen LogP contribution in [-0.2, 0) is 22.0 Å². The highest BCUT2D eigenvalue weighted by Crippen LogP contribution is 2.38. The van der Waals surface area contributed by atoms with Gasteiger partial charge in [0, 0.05) is 25.0 Å². The van der Waals surface area contributed by atoms with Crippen LogP contribution in [0, 0.1) is 0 Å². The number of alkyl halides is 3. The zero-order valence-electron chi connectivity index (χ0n) is 21.2. The molecular formula is C30H34ClF3N2O2. The first kappa shape index (κ1) is 29.7. The second-order valence-corrected chi connectivity index (χ2v) is 9.86. The average molecular weight is 547 g/mol. The van der Waals surface area contributed by atoms with Gasteiger partial charge in [0.2, 0.25) is 6.41 Å². The van der Waals surface area contributed by atoms with Crippen molar-refractivity contribution in [3.63, 3.8) is 0 Å². The first-order valence-electron chi connectivity index (χ1n) is 12.7. The Balaban J connectivity index is 0.00000400. The summed E-state index contributed by atoms with van der Waals surface area (Å²) in [5, 5.41) is 14.1. The van der Waals surface area contributed by atoms with Crippen molar-refractivity contribution in [2.24, 2.45) is 0 Å². The zero-order chi connectivity index (χ0) is 26.4. The van der Waals surface area contributed by atoms with Crippen LogP contribution in [-0.4, -0.2) is 42.6 Å². The monoisotopic (exact) mass is 546 g/mol. The van der Waals surface area contributed by atoms with E-state index < -0.39 is 17.3 Å². The molecule has 0 radical (unpaired) electrons. The Morgan fingerprint density at radius 3 is 1.84 bits per heavy atom. The molecule has 38 heavy (non-hydrogen) atoms. The second-order valence-electron chi connectivity index (χ2n) is 9.86. The smallest absolute Gasteiger partial charge is 0.385 e. The van der Waals surface area contributed by atoms with Gasteiger partial charge in [-0.05, 0) is 61.1 Å². The number of nitrogens with one attached hydrogen (secondary N) is 1. The second kappa shape index (κ2) is 12.8. The van der Waals surface area contributed by atoms with E-state index in [0.29, 0.717) is 38.0 Å². The van der Waals surface area contributed by atoms with Crippen LogP contribution >= 0.6 is 12.4 Å². The summed E-state index contributed by atoms with van der Waals surface area (Å²) in [6.45, 7) is 2.63. The van der Waals surface area contributed by atoms with Crippen molar-refractivity contribution in [3.8, 4) is 0 Å². The van der Waals surface area contributed by atoms with E-state index in [-0.39, 0.29) is 17.8 Å². The Hall–Kier alpha value is -2.87. The summed E-state index contributed by atoms with van der Waals surface area (Å²) in [5.74, 6) is 0. The van der Waals surface area contributed by atoms with Gasteiger partial charge in [-0.1, -0.05) is 72.8 Å². The number of carbonyl (C=O) groups excluding carboxylic acids is 1. The highest BCUT2D eigenvalue weighted by molar-refractivity contribution is 5.85. The van der Waals surface area contributed by atoms with Gasteiger partial charge in [0.15, 0.2) is 0 Å². The maximum absolute atomic E-state index is 12.9. The van der Waals surface area contributed by atoms with Crippen molar-refractivity contribution >= 4 is 18.8 Å². The van der Waals surface area contributed by atoms with Crippen molar-refractivity contribution < 1.29 is 23.1 Å². The van der Waals surface area contributed by atoms with Crippen LogP contribution in [0.25, 0.3) is 0 Å². The normalized spacial score (nSPS) is 15.9. The maximum Gasteiger partial charge on any atom is 0.416 e. The first-order valence-corrected chi connectivity index (χ1v) is 12.7. The Labute approximate surface area is 228 Å². The van der Waals surface area contributed by atoms with Crippen molar-refractivity contribution in [2.45, 2.75) is 42.9 Å². The minimum atomic E-state index is -4.39. The van der Waals surface area contributed by atoms with Crippen molar-refractivity contribution in [1.29, 1.82) is 0 Å². The maximum atomic E-state index is 12.9. The molecule has 8 heteroatoms. The van der Waals surface area contributed by atoms with E-state index in [1.54, 1.807) is 0 Å². The Kier molecular flexibility index (Phi) is 9.99. The summed E-state index contributed by atoms with van der Waals surface area (Å²) in [5.41, 5.74) is 0.623. The van der Waals surface area contributed by atoms with Crippen molar-refractivity contribution in [1.82, 2.24) is 10.2 Å². The molecule has 1 aliphatic rings. The van der Waals surface area contributed by atoms with E-state index in [9.17, 15) is 23.1 Å². The molecule has 0 bridgehead atoms. The van der Waals surface area contributed by atoms with Gasteiger partial charge < -0.3 is 15.3 Å². The van der Waals surface area contributed by atoms with Gasteiger partial charge in [0.1, 0.15) is 0 Å². The predicted molar refractivity (Wildman–Crippen MR) is 145 cm³/mol. The molecule has 0 unspecified atom stereocenters. The molecule has 3 aromatic carbocycles.